The van der Waals surface area contributed by atoms with Gasteiger partial charge in [-0.2, -0.15) is 5.10 Å². The maximum Gasteiger partial charge on any atom is 0.331 e. The number of amidine groups is 1. The number of amides is 1. The molecule has 8 heteroatoms. The Kier molecular flexibility index (Phi) is 7.39. The summed E-state index contributed by atoms with van der Waals surface area (Å²) >= 11 is 1.05. The van der Waals surface area contributed by atoms with Crippen LogP contribution in [0.2, 0.25) is 0 Å². The van der Waals surface area contributed by atoms with Crippen LogP contribution in [0.25, 0.3) is 0 Å². The van der Waals surface area contributed by atoms with Gasteiger partial charge in [-0.05, 0) is 48.8 Å². The van der Waals surface area contributed by atoms with E-state index in [2.05, 4.69) is 37.3 Å². The van der Waals surface area contributed by atoms with Crippen molar-refractivity contribution >= 4 is 35.0 Å². The fourth-order valence-electron chi connectivity index (χ4n) is 3.05. The molecule has 2 fully saturated rings. The fraction of sp³-hybridized carbons (Fsp3) is 0.400. The van der Waals surface area contributed by atoms with E-state index >= 15 is 0 Å². The number of ether oxygens (including phenoxy) is 1. The van der Waals surface area contributed by atoms with Crippen LogP contribution in [0.3, 0.4) is 0 Å². The van der Waals surface area contributed by atoms with Crippen LogP contribution in [-0.4, -0.2) is 48.4 Å². The van der Waals surface area contributed by atoms with Crippen LogP contribution in [-0.2, 0) is 20.9 Å². The summed E-state index contributed by atoms with van der Waals surface area (Å²) in [7, 11) is 1.26. The van der Waals surface area contributed by atoms with Crippen LogP contribution >= 0.6 is 11.8 Å². The summed E-state index contributed by atoms with van der Waals surface area (Å²) in [6.45, 7) is 3.34. The topological polar surface area (TPSA) is 83.4 Å². The monoisotopic (exact) mass is 400 g/mol. The van der Waals surface area contributed by atoms with Gasteiger partial charge in [0.15, 0.2) is 5.17 Å². The number of methoxy groups -OCH3 is 1. The van der Waals surface area contributed by atoms with Gasteiger partial charge in [0.2, 0.25) is 0 Å². The summed E-state index contributed by atoms with van der Waals surface area (Å²) < 4.78 is 4.52. The molecule has 3 rings (SSSR count). The highest BCUT2D eigenvalue weighted by Gasteiger charge is 2.24. The van der Waals surface area contributed by atoms with Crippen LogP contribution < -0.4 is 5.32 Å². The Morgan fingerprint density at radius 3 is 2.61 bits per heavy atom. The van der Waals surface area contributed by atoms with E-state index in [0.717, 1.165) is 29.9 Å². The van der Waals surface area contributed by atoms with Gasteiger partial charge in [0.25, 0.3) is 5.91 Å². The summed E-state index contributed by atoms with van der Waals surface area (Å²) in [5, 5.41) is 10.9. The summed E-state index contributed by atoms with van der Waals surface area (Å²) in [4.78, 5) is 25.7. The molecule has 28 heavy (non-hydrogen) atoms. The van der Waals surface area contributed by atoms with Crippen molar-refractivity contribution in [2.45, 2.75) is 32.2 Å². The molecule has 0 unspecified atom stereocenters. The minimum atomic E-state index is -0.581. The highest BCUT2D eigenvalue weighted by atomic mass is 32.2. The van der Waals surface area contributed by atoms with Gasteiger partial charge in [-0.15, -0.1) is 5.10 Å². The second kappa shape index (κ2) is 10.2. The number of hydrogen-bond acceptors (Lipinski definition) is 7. The molecule has 0 atom stereocenters. The van der Waals surface area contributed by atoms with E-state index < -0.39 is 5.97 Å². The first-order valence-corrected chi connectivity index (χ1v) is 10.2. The standard InChI is InChI=1S/C20H24N4O3S/c1-27-18(25)12-17-19(26)22-20(28-17)23-21-13-15-6-8-16(9-7-15)14-24-10-4-2-3-5-11-24/h6-9,12-13H,2-5,10-11,14H2,1H3,(H,22,23,26)/b17-12+,21-13?. The number of thioether (sulfide) groups is 1. The van der Waals surface area contributed by atoms with Crippen LogP contribution in [0.5, 0.6) is 0 Å². The Morgan fingerprint density at radius 2 is 1.93 bits per heavy atom. The Morgan fingerprint density at radius 1 is 1.21 bits per heavy atom. The second-order valence-corrected chi connectivity index (χ2v) is 7.70. The fourth-order valence-corrected chi connectivity index (χ4v) is 3.79. The number of nitrogens with one attached hydrogen (secondary N) is 1. The predicted molar refractivity (Wildman–Crippen MR) is 111 cm³/mol. The third-order valence-electron chi connectivity index (χ3n) is 4.54. The van der Waals surface area contributed by atoms with Gasteiger partial charge in [-0.3, -0.25) is 15.0 Å². The van der Waals surface area contributed by atoms with Crippen molar-refractivity contribution in [1.29, 1.82) is 0 Å². The summed E-state index contributed by atoms with van der Waals surface area (Å²) in [6.07, 6.45) is 8.03. The highest BCUT2D eigenvalue weighted by Crippen LogP contribution is 2.23. The van der Waals surface area contributed by atoms with E-state index in [4.69, 9.17) is 0 Å². The van der Waals surface area contributed by atoms with Crippen molar-refractivity contribution in [3.05, 3.63) is 46.4 Å². The predicted octanol–water partition coefficient (Wildman–Crippen LogP) is 2.67. The zero-order valence-corrected chi connectivity index (χ0v) is 16.7. The third-order valence-corrected chi connectivity index (χ3v) is 5.44. The molecule has 2 aliphatic heterocycles. The van der Waals surface area contributed by atoms with Crippen molar-refractivity contribution in [2.75, 3.05) is 20.2 Å². The van der Waals surface area contributed by atoms with Crippen LogP contribution in [0, 0.1) is 0 Å². The van der Waals surface area contributed by atoms with E-state index in [9.17, 15) is 9.59 Å². The van der Waals surface area contributed by atoms with E-state index in [1.54, 1.807) is 6.21 Å². The number of nitrogens with zero attached hydrogens (tertiary/aromatic N) is 3. The number of esters is 1. The van der Waals surface area contributed by atoms with Gasteiger partial charge in [0, 0.05) is 12.6 Å². The average molecular weight is 401 g/mol. The molecule has 148 valence electrons. The maximum atomic E-state index is 11.7. The summed E-state index contributed by atoms with van der Waals surface area (Å²) in [6, 6.07) is 8.25. The van der Waals surface area contributed by atoms with Crippen molar-refractivity contribution in [1.82, 2.24) is 10.2 Å². The van der Waals surface area contributed by atoms with Crippen molar-refractivity contribution in [3.8, 4) is 0 Å². The molecular weight excluding hydrogens is 376 g/mol. The first kappa shape index (κ1) is 20.3. The Hall–Kier alpha value is -2.45. The molecule has 0 bridgehead atoms. The number of rotatable bonds is 5. The van der Waals surface area contributed by atoms with Crippen molar-refractivity contribution < 1.29 is 14.3 Å². The molecule has 1 aromatic rings. The molecule has 2 heterocycles. The van der Waals surface area contributed by atoms with Gasteiger partial charge in [0.1, 0.15) is 0 Å². The van der Waals surface area contributed by atoms with Gasteiger partial charge in [-0.25, -0.2) is 4.79 Å². The van der Waals surface area contributed by atoms with Crippen LogP contribution in [0.15, 0.2) is 45.4 Å². The van der Waals surface area contributed by atoms with Crippen molar-refractivity contribution in [3.63, 3.8) is 0 Å². The molecule has 0 spiro atoms. The van der Waals surface area contributed by atoms with E-state index in [0.29, 0.717) is 5.17 Å². The van der Waals surface area contributed by atoms with Crippen LogP contribution in [0.1, 0.15) is 36.8 Å². The van der Waals surface area contributed by atoms with Gasteiger partial charge in [0.05, 0.1) is 18.2 Å². The first-order chi connectivity index (χ1) is 13.6. The summed E-state index contributed by atoms with van der Waals surface area (Å²) in [5.41, 5.74) is 2.23. The Labute approximate surface area is 168 Å². The van der Waals surface area contributed by atoms with Crippen molar-refractivity contribution in [2.24, 2.45) is 10.2 Å². The minimum absolute atomic E-state index is 0.235. The number of likely N-dealkylation sites (tertiary alicyclic amines) is 1. The number of hydrogen-bond donors (Lipinski definition) is 1. The lowest BCUT2D eigenvalue weighted by molar-refractivity contribution is -0.135. The Balaban J connectivity index is 1.54. The molecule has 7 nitrogen and oxygen atoms in total. The maximum absolute atomic E-state index is 11.7. The SMILES string of the molecule is COC(=O)/C=C1/S/C(=N\N=Cc2ccc(CN3CCCCCC3)cc2)NC1=O. The summed E-state index contributed by atoms with van der Waals surface area (Å²) in [5.74, 6) is -0.968. The largest absolute Gasteiger partial charge is 0.466 e. The third kappa shape index (κ3) is 6.03. The first-order valence-electron chi connectivity index (χ1n) is 9.35. The molecule has 0 aromatic heterocycles. The lowest BCUT2D eigenvalue weighted by Gasteiger charge is -2.19. The van der Waals surface area contributed by atoms with Crippen LogP contribution in [0.4, 0.5) is 0 Å². The molecule has 0 saturated carbocycles. The smallest absolute Gasteiger partial charge is 0.331 e. The van der Waals surface area contributed by atoms with Gasteiger partial charge in [-0.1, -0.05) is 37.1 Å². The molecule has 2 saturated heterocycles. The average Bonchev–Trinajstić information content (AvgIpc) is 2.88. The number of benzene rings is 1. The zero-order valence-electron chi connectivity index (χ0n) is 15.9. The lowest BCUT2D eigenvalue weighted by atomic mass is 10.1. The van der Waals surface area contributed by atoms with E-state index in [1.807, 2.05) is 12.1 Å². The van der Waals surface area contributed by atoms with E-state index in [1.165, 1.54) is 51.4 Å². The minimum Gasteiger partial charge on any atom is -0.466 e. The zero-order chi connectivity index (χ0) is 19.8. The molecule has 1 aromatic carbocycles. The second-order valence-electron chi connectivity index (χ2n) is 6.67. The molecule has 0 radical (unpaired) electrons. The molecule has 1 amide bonds. The number of carbonyl (C=O) groups is 2. The number of carbonyl (C=O) groups excluding carboxylic acids is 2. The van der Waals surface area contributed by atoms with Gasteiger partial charge < -0.3 is 4.74 Å². The normalized spacial score (nSPS) is 21.2. The highest BCUT2D eigenvalue weighted by molar-refractivity contribution is 8.18. The molecule has 1 N–H and O–H groups in total. The quantitative estimate of drug-likeness (QED) is 0.356. The lowest BCUT2D eigenvalue weighted by Crippen LogP contribution is -2.23. The van der Waals surface area contributed by atoms with Gasteiger partial charge >= 0.3 is 5.97 Å². The molecule has 2 aliphatic rings. The molecule has 0 aliphatic carbocycles. The van der Waals surface area contributed by atoms with E-state index in [-0.39, 0.29) is 10.8 Å². The molecular formula is C20H24N4O3S. The Bertz CT molecular complexity index is 794.